The summed E-state index contributed by atoms with van der Waals surface area (Å²) in [4.78, 5) is 27.9. The molecule has 120 valence electrons. The van der Waals surface area contributed by atoms with Crippen molar-refractivity contribution >= 4 is 23.7 Å². The summed E-state index contributed by atoms with van der Waals surface area (Å²) in [6, 6.07) is 1.98. The summed E-state index contributed by atoms with van der Waals surface area (Å²) in [5.74, 6) is -1.69. The Bertz CT molecular complexity index is 613. The van der Waals surface area contributed by atoms with E-state index in [1.165, 1.54) is 11.0 Å². The third-order valence-corrected chi connectivity index (χ3v) is 4.35. The number of hydrogen-bond donors (Lipinski definition) is 2. The zero-order valence-corrected chi connectivity index (χ0v) is 12.7. The summed E-state index contributed by atoms with van der Waals surface area (Å²) in [6.45, 7) is 1.73. The first-order valence-electron chi connectivity index (χ1n) is 6.79. The lowest BCUT2D eigenvalue weighted by atomic mass is 9.72. The van der Waals surface area contributed by atoms with Crippen LogP contribution in [0.5, 0.6) is 0 Å². The molecule has 0 spiro atoms. The average Bonchev–Trinajstić information content (AvgIpc) is 2.42. The first-order valence-corrected chi connectivity index (χ1v) is 7.17. The van der Waals surface area contributed by atoms with Gasteiger partial charge in [-0.25, -0.2) is 14.2 Å². The van der Waals surface area contributed by atoms with E-state index in [0.29, 0.717) is 0 Å². The number of hydrogen-bond acceptors (Lipinski definition) is 3. The van der Waals surface area contributed by atoms with Gasteiger partial charge >= 0.3 is 12.1 Å². The van der Waals surface area contributed by atoms with Crippen LogP contribution in [-0.4, -0.2) is 44.7 Å². The maximum absolute atomic E-state index is 13.8. The molecule has 1 saturated heterocycles. The molecule has 1 fully saturated rings. The van der Waals surface area contributed by atoms with Crippen LogP contribution in [0.3, 0.4) is 0 Å². The molecule has 22 heavy (non-hydrogen) atoms. The van der Waals surface area contributed by atoms with Gasteiger partial charge in [0.2, 0.25) is 0 Å². The Morgan fingerprint density at radius 1 is 1.50 bits per heavy atom. The molecule has 8 heteroatoms. The van der Waals surface area contributed by atoms with Gasteiger partial charge in [0.15, 0.2) is 0 Å². The highest BCUT2D eigenvalue weighted by molar-refractivity contribution is 6.29. The topological polar surface area (TPSA) is 90.7 Å². The second kappa shape index (κ2) is 6.08. The van der Waals surface area contributed by atoms with Crippen LogP contribution in [0.4, 0.5) is 9.18 Å². The molecule has 0 bridgehead atoms. The van der Waals surface area contributed by atoms with Crippen molar-refractivity contribution in [3.63, 3.8) is 0 Å². The van der Waals surface area contributed by atoms with E-state index in [4.69, 9.17) is 16.7 Å². The summed E-state index contributed by atoms with van der Waals surface area (Å²) in [7, 11) is 0. The maximum Gasteiger partial charge on any atom is 0.407 e. The molecule has 2 atom stereocenters. The Balaban J connectivity index is 2.29. The average molecular weight is 331 g/mol. The lowest BCUT2D eigenvalue weighted by molar-refractivity contribution is -0.153. The lowest BCUT2D eigenvalue weighted by Crippen LogP contribution is -2.51. The minimum Gasteiger partial charge on any atom is -0.481 e. The molecule has 0 radical (unpaired) electrons. The second-order valence-electron chi connectivity index (χ2n) is 5.60. The number of piperidine rings is 1. The fourth-order valence-corrected chi connectivity index (χ4v) is 3.11. The summed E-state index contributed by atoms with van der Waals surface area (Å²) < 4.78 is 13.8. The van der Waals surface area contributed by atoms with Crippen molar-refractivity contribution in [2.24, 2.45) is 5.41 Å². The molecule has 2 N–H and O–H groups in total. The van der Waals surface area contributed by atoms with Gasteiger partial charge in [0.25, 0.3) is 0 Å². The second-order valence-corrected chi connectivity index (χ2v) is 5.99. The van der Waals surface area contributed by atoms with Crippen LogP contribution in [0.2, 0.25) is 5.15 Å². The highest BCUT2D eigenvalue weighted by atomic mass is 35.5. The molecule has 1 aliphatic heterocycles. The molecule has 0 aromatic carbocycles. The number of nitrogens with zero attached hydrogens (tertiary/aromatic N) is 2. The molecule has 2 unspecified atom stereocenters. The Labute approximate surface area is 131 Å². The molecule has 6 nitrogen and oxygen atoms in total. The number of carboxylic acid groups (broad SMARTS) is 2. The maximum atomic E-state index is 13.8. The van der Waals surface area contributed by atoms with Gasteiger partial charge in [0.05, 0.1) is 11.1 Å². The van der Waals surface area contributed by atoms with E-state index in [-0.39, 0.29) is 36.7 Å². The molecule has 1 aromatic heterocycles. The number of halogens is 2. The van der Waals surface area contributed by atoms with Gasteiger partial charge in [-0.1, -0.05) is 11.6 Å². The first-order chi connectivity index (χ1) is 10.2. The van der Waals surface area contributed by atoms with Crippen LogP contribution in [0.15, 0.2) is 12.1 Å². The zero-order chi connectivity index (χ0) is 16.5. The number of aromatic nitrogens is 1. The van der Waals surface area contributed by atoms with E-state index in [1.54, 1.807) is 6.92 Å². The van der Waals surface area contributed by atoms with Crippen molar-refractivity contribution < 1.29 is 24.2 Å². The summed E-state index contributed by atoms with van der Waals surface area (Å²) in [5, 5.41) is 18.8. The fourth-order valence-electron chi connectivity index (χ4n) is 2.95. The van der Waals surface area contributed by atoms with Crippen molar-refractivity contribution in [1.82, 2.24) is 9.88 Å². The molecule has 1 amide bonds. The monoisotopic (exact) mass is 330 g/mol. The summed E-state index contributed by atoms with van der Waals surface area (Å²) >= 11 is 5.74. The molecule has 2 rings (SSSR count). The quantitative estimate of drug-likeness (QED) is 0.831. The number of carboxylic acids is 1. The first kappa shape index (κ1) is 16.5. The van der Waals surface area contributed by atoms with Gasteiger partial charge in [-0.05, 0) is 31.9 Å². The van der Waals surface area contributed by atoms with Crippen molar-refractivity contribution in [3.8, 4) is 0 Å². The van der Waals surface area contributed by atoms with Crippen molar-refractivity contribution in [1.29, 1.82) is 0 Å². The van der Waals surface area contributed by atoms with Gasteiger partial charge in [-0.2, -0.15) is 0 Å². The van der Waals surface area contributed by atoms with E-state index in [0.717, 1.165) is 6.07 Å². The number of rotatable bonds is 3. The Kier molecular flexibility index (Phi) is 4.55. The van der Waals surface area contributed by atoms with E-state index in [9.17, 15) is 19.1 Å². The van der Waals surface area contributed by atoms with Crippen LogP contribution in [0.1, 0.15) is 25.5 Å². The highest BCUT2D eigenvalue weighted by Crippen LogP contribution is 2.38. The number of likely N-dealkylation sites (tertiary alicyclic amines) is 1. The number of amides is 1. The standard InChI is InChI=1S/C14H16ClFN2O4/c1-8-6-14(12(19)20,4-5-18(8)13(21)22)7-10-9(16)2-3-11(15)17-10/h2-3,8H,4-7H2,1H3,(H,19,20)(H,21,22). The van der Waals surface area contributed by atoms with Gasteiger partial charge in [0.1, 0.15) is 11.0 Å². The fraction of sp³-hybridized carbons (Fsp3) is 0.500. The summed E-state index contributed by atoms with van der Waals surface area (Å²) in [6.07, 6.45) is -1.000. The third kappa shape index (κ3) is 3.14. The molecule has 0 aliphatic carbocycles. The van der Waals surface area contributed by atoms with Crippen LogP contribution in [-0.2, 0) is 11.2 Å². The van der Waals surface area contributed by atoms with E-state index >= 15 is 0 Å². The van der Waals surface area contributed by atoms with Gasteiger partial charge in [-0.15, -0.1) is 0 Å². The van der Waals surface area contributed by atoms with E-state index in [2.05, 4.69) is 4.98 Å². The highest BCUT2D eigenvalue weighted by Gasteiger charge is 2.46. The largest absolute Gasteiger partial charge is 0.481 e. The number of pyridine rings is 1. The van der Waals surface area contributed by atoms with Crippen molar-refractivity contribution in [2.75, 3.05) is 6.54 Å². The Hall–Kier alpha value is -1.89. The van der Waals surface area contributed by atoms with Gasteiger partial charge in [0, 0.05) is 19.0 Å². The van der Waals surface area contributed by atoms with Crippen molar-refractivity contribution in [3.05, 3.63) is 28.8 Å². The van der Waals surface area contributed by atoms with Gasteiger partial charge < -0.3 is 15.1 Å². The Morgan fingerprint density at radius 2 is 2.18 bits per heavy atom. The van der Waals surface area contributed by atoms with Crippen LogP contribution >= 0.6 is 11.6 Å². The predicted octanol–water partition coefficient (Wildman–Crippen LogP) is 2.65. The molecular formula is C14H16ClFN2O4. The minimum absolute atomic E-state index is 0.00845. The normalized spacial score (nSPS) is 25.0. The predicted molar refractivity (Wildman–Crippen MR) is 76.4 cm³/mol. The van der Waals surface area contributed by atoms with E-state index in [1.807, 2.05) is 0 Å². The SMILES string of the molecule is CC1CC(Cc2nc(Cl)ccc2F)(C(=O)O)CCN1C(=O)O. The van der Waals surface area contributed by atoms with Crippen LogP contribution < -0.4 is 0 Å². The number of carbonyl (C=O) groups is 2. The van der Waals surface area contributed by atoms with E-state index < -0.39 is 29.3 Å². The smallest absolute Gasteiger partial charge is 0.407 e. The molecule has 0 saturated carbocycles. The van der Waals surface area contributed by atoms with Crippen LogP contribution in [0.25, 0.3) is 0 Å². The van der Waals surface area contributed by atoms with Gasteiger partial charge in [-0.3, -0.25) is 4.79 Å². The molecule has 1 aromatic rings. The minimum atomic E-state index is -1.25. The molecule has 2 heterocycles. The van der Waals surface area contributed by atoms with Crippen molar-refractivity contribution in [2.45, 2.75) is 32.2 Å². The lowest BCUT2D eigenvalue weighted by Gasteiger charge is -2.41. The third-order valence-electron chi connectivity index (χ3n) is 4.14. The Morgan fingerprint density at radius 3 is 2.73 bits per heavy atom. The van der Waals surface area contributed by atoms with Crippen LogP contribution in [0, 0.1) is 11.2 Å². The zero-order valence-electron chi connectivity index (χ0n) is 11.9. The molecular weight excluding hydrogens is 315 g/mol. The molecule has 1 aliphatic rings. The summed E-state index contributed by atoms with van der Waals surface area (Å²) in [5.41, 5.74) is -1.25. The number of aliphatic carboxylic acids is 1.